The highest BCUT2D eigenvalue weighted by atomic mass is 32.1. The number of hydrogen-bond acceptors (Lipinski definition) is 5. The van der Waals surface area contributed by atoms with E-state index in [1.807, 2.05) is 36.9 Å². The van der Waals surface area contributed by atoms with E-state index in [1.165, 1.54) is 5.56 Å². The summed E-state index contributed by atoms with van der Waals surface area (Å²) in [5.41, 5.74) is 9.80. The molecular formula is C24H32N4O3S. The Bertz CT molecular complexity index is 1080. The molecule has 1 aliphatic heterocycles. The van der Waals surface area contributed by atoms with Gasteiger partial charge in [-0.2, -0.15) is 0 Å². The molecule has 172 valence electrons. The molecule has 3 N–H and O–H groups in total. The standard InChI is InChI=1S/C24H32N4O3S/c1-3-10-31-24(30)27-8-9-28(15(2)14-27)23(29)17-5-7-19-21(12-17)26-20-11-16(13-25)4-6-18(20)22(19)32/h5,7,12,15-16H,3-4,6,8-11,13-14,25H2,1-2H3,(H,26,32)/t15-,16+/m0/s1. The van der Waals surface area contributed by atoms with Crippen molar-refractivity contribution in [2.75, 3.05) is 32.8 Å². The SMILES string of the molecule is CCCOC(=O)N1CCN(C(=O)c2ccc3c(=S)c4c([nH]c3c2)C[C@H](CN)CC4)[C@@H](C)C1. The number of benzene rings is 1. The van der Waals surface area contributed by atoms with Gasteiger partial charge in [-0.1, -0.05) is 25.2 Å². The number of rotatable bonds is 4. The number of H-pyrrole nitrogens is 1. The number of nitrogens with zero attached hydrogens (tertiary/aromatic N) is 2. The summed E-state index contributed by atoms with van der Waals surface area (Å²) >= 11 is 5.78. The van der Waals surface area contributed by atoms with E-state index in [1.54, 1.807) is 4.90 Å². The maximum absolute atomic E-state index is 13.3. The first-order chi connectivity index (χ1) is 15.4. The molecule has 7 nitrogen and oxygen atoms in total. The highest BCUT2D eigenvalue weighted by Crippen LogP contribution is 2.29. The summed E-state index contributed by atoms with van der Waals surface area (Å²) in [6.07, 6.45) is 3.41. The number of ether oxygens (including phenoxy) is 1. The predicted octanol–water partition coefficient (Wildman–Crippen LogP) is 3.65. The lowest BCUT2D eigenvalue weighted by molar-refractivity contribution is 0.0414. The molecule has 1 aromatic heterocycles. The lowest BCUT2D eigenvalue weighted by Crippen LogP contribution is -2.55. The van der Waals surface area contributed by atoms with Crippen LogP contribution in [-0.2, 0) is 17.6 Å². The van der Waals surface area contributed by atoms with Crippen LogP contribution in [0.3, 0.4) is 0 Å². The average molecular weight is 457 g/mol. The zero-order valence-corrected chi connectivity index (χ0v) is 19.7. The summed E-state index contributed by atoms with van der Waals surface area (Å²) in [7, 11) is 0. The van der Waals surface area contributed by atoms with Crippen molar-refractivity contribution in [3.63, 3.8) is 0 Å². The Morgan fingerprint density at radius 2 is 2.12 bits per heavy atom. The van der Waals surface area contributed by atoms with E-state index >= 15 is 0 Å². The summed E-state index contributed by atoms with van der Waals surface area (Å²) in [5, 5.41) is 0.984. The minimum Gasteiger partial charge on any atom is -0.449 e. The fourth-order valence-electron chi connectivity index (χ4n) is 4.77. The molecule has 1 saturated heterocycles. The topological polar surface area (TPSA) is 91.7 Å². The van der Waals surface area contributed by atoms with E-state index in [2.05, 4.69) is 4.98 Å². The number of pyridine rings is 1. The van der Waals surface area contributed by atoms with Crippen molar-refractivity contribution in [2.24, 2.45) is 11.7 Å². The number of aromatic amines is 1. The number of amides is 2. The zero-order chi connectivity index (χ0) is 22.8. The monoisotopic (exact) mass is 456 g/mol. The van der Waals surface area contributed by atoms with Gasteiger partial charge in [0.15, 0.2) is 0 Å². The number of piperazine rings is 1. The van der Waals surface area contributed by atoms with E-state index in [4.69, 9.17) is 22.7 Å². The number of carbonyl (C=O) groups excluding carboxylic acids is 2. The van der Waals surface area contributed by atoms with Gasteiger partial charge in [-0.3, -0.25) is 4.79 Å². The molecule has 2 atom stereocenters. The molecule has 0 spiro atoms. The van der Waals surface area contributed by atoms with Crippen LogP contribution in [0.5, 0.6) is 0 Å². The van der Waals surface area contributed by atoms with Gasteiger partial charge in [0.05, 0.1) is 11.1 Å². The Morgan fingerprint density at radius 3 is 2.84 bits per heavy atom. The molecule has 0 radical (unpaired) electrons. The summed E-state index contributed by atoms with van der Waals surface area (Å²) in [4.78, 5) is 32.5. The number of hydrogen-bond donors (Lipinski definition) is 2. The van der Waals surface area contributed by atoms with Crippen LogP contribution in [0.2, 0.25) is 0 Å². The fourth-order valence-corrected chi connectivity index (χ4v) is 5.17. The largest absolute Gasteiger partial charge is 0.449 e. The molecule has 1 aromatic carbocycles. The van der Waals surface area contributed by atoms with Crippen LogP contribution < -0.4 is 5.73 Å². The van der Waals surface area contributed by atoms with E-state index in [9.17, 15) is 9.59 Å². The van der Waals surface area contributed by atoms with Crippen molar-refractivity contribution in [3.8, 4) is 0 Å². The smallest absolute Gasteiger partial charge is 0.409 e. The van der Waals surface area contributed by atoms with Crippen LogP contribution >= 0.6 is 12.2 Å². The molecular weight excluding hydrogens is 424 g/mol. The molecule has 4 rings (SSSR count). The Labute approximate surface area is 193 Å². The van der Waals surface area contributed by atoms with Crippen LogP contribution in [0.25, 0.3) is 10.9 Å². The van der Waals surface area contributed by atoms with Gasteiger partial charge in [-0.15, -0.1) is 0 Å². The number of carbonyl (C=O) groups is 2. The molecule has 32 heavy (non-hydrogen) atoms. The number of nitrogens with two attached hydrogens (primary N) is 1. The third kappa shape index (κ3) is 4.38. The first-order valence-electron chi connectivity index (χ1n) is 11.5. The lowest BCUT2D eigenvalue weighted by atomic mass is 9.86. The second-order valence-corrected chi connectivity index (χ2v) is 9.33. The molecule has 2 aromatic rings. The minimum absolute atomic E-state index is 0.0298. The first-order valence-corrected chi connectivity index (χ1v) is 11.9. The third-order valence-electron chi connectivity index (χ3n) is 6.64. The first kappa shape index (κ1) is 22.7. The van der Waals surface area contributed by atoms with Gasteiger partial charge < -0.3 is 25.3 Å². The van der Waals surface area contributed by atoms with E-state index < -0.39 is 0 Å². The van der Waals surface area contributed by atoms with E-state index in [0.717, 1.165) is 46.8 Å². The van der Waals surface area contributed by atoms with Crippen molar-refractivity contribution in [2.45, 2.75) is 45.6 Å². The molecule has 1 fully saturated rings. The Morgan fingerprint density at radius 1 is 1.31 bits per heavy atom. The van der Waals surface area contributed by atoms with Crippen molar-refractivity contribution < 1.29 is 14.3 Å². The van der Waals surface area contributed by atoms with E-state index in [0.29, 0.717) is 44.3 Å². The molecule has 2 heterocycles. The number of aromatic nitrogens is 1. The molecule has 0 bridgehead atoms. The second kappa shape index (κ2) is 9.58. The minimum atomic E-state index is -0.301. The molecule has 8 heteroatoms. The van der Waals surface area contributed by atoms with Gasteiger partial charge >= 0.3 is 6.09 Å². The van der Waals surface area contributed by atoms with Crippen LogP contribution in [0.4, 0.5) is 4.79 Å². The summed E-state index contributed by atoms with van der Waals surface area (Å²) in [6, 6.07) is 5.64. The molecule has 2 aliphatic rings. The molecule has 1 aliphatic carbocycles. The van der Waals surface area contributed by atoms with Crippen LogP contribution in [0.15, 0.2) is 18.2 Å². The number of fused-ring (bicyclic) bond motifs is 2. The summed E-state index contributed by atoms with van der Waals surface area (Å²) < 4.78 is 6.13. The normalized spacial score (nSPS) is 20.8. The van der Waals surface area contributed by atoms with Crippen LogP contribution in [-0.4, -0.2) is 65.6 Å². The number of nitrogens with one attached hydrogen (secondary N) is 1. The highest BCUT2D eigenvalue weighted by Gasteiger charge is 2.31. The van der Waals surface area contributed by atoms with Crippen LogP contribution in [0, 0.1) is 10.4 Å². The van der Waals surface area contributed by atoms with Crippen molar-refractivity contribution in [1.29, 1.82) is 0 Å². The quantitative estimate of drug-likeness (QED) is 0.685. The fraction of sp³-hybridized carbons (Fsp3) is 0.542. The van der Waals surface area contributed by atoms with Crippen molar-refractivity contribution >= 4 is 35.1 Å². The van der Waals surface area contributed by atoms with Gasteiger partial charge in [0.2, 0.25) is 0 Å². The maximum Gasteiger partial charge on any atom is 0.409 e. The lowest BCUT2D eigenvalue weighted by Gasteiger charge is -2.39. The van der Waals surface area contributed by atoms with Gasteiger partial charge in [-0.25, -0.2) is 4.79 Å². The van der Waals surface area contributed by atoms with Gasteiger partial charge in [0.1, 0.15) is 0 Å². The summed E-state index contributed by atoms with van der Waals surface area (Å²) in [6.45, 7) is 6.45. The second-order valence-electron chi connectivity index (χ2n) is 8.92. The highest BCUT2D eigenvalue weighted by molar-refractivity contribution is 7.71. The van der Waals surface area contributed by atoms with Crippen molar-refractivity contribution in [3.05, 3.63) is 39.5 Å². The van der Waals surface area contributed by atoms with Gasteiger partial charge in [0.25, 0.3) is 5.91 Å². The average Bonchev–Trinajstić information content (AvgIpc) is 2.81. The van der Waals surface area contributed by atoms with Crippen molar-refractivity contribution in [1.82, 2.24) is 14.8 Å². The van der Waals surface area contributed by atoms with E-state index in [-0.39, 0.29) is 18.0 Å². The summed E-state index contributed by atoms with van der Waals surface area (Å²) in [5.74, 6) is 0.439. The van der Waals surface area contributed by atoms with Gasteiger partial charge in [0, 0.05) is 47.8 Å². The van der Waals surface area contributed by atoms with Gasteiger partial charge in [-0.05, 0) is 62.8 Å². The van der Waals surface area contributed by atoms with Crippen LogP contribution in [0.1, 0.15) is 48.3 Å². The molecule has 0 saturated carbocycles. The molecule has 0 unspecified atom stereocenters. The predicted molar refractivity (Wildman–Crippen MR) is 127 cm³/mol. The maximum atomic E-state index is 13.3. The Hall–Kier alpha value is -2.45. The zero-order valence-electron chi connectivity index (χ0n) is 18.9. The Kier molecular flexibility index (Phi) is 6.81. The third-order valence-corrected chi connectivity index (χ3v) is 7.11. The molecule has 2 amide bonds. The Balaban J connectivity index is 1.54.